The van der Waals surface area contributed by atoms with Gasteiger partial charge in [-0.3, -0.25) is 4.79 Å². The normalized spacial score (nSPS) is 10.7. The van der Waals surface area contributed by atoms with Crippen molar-refractivity contribution in [3.63, 3.8) is 0 Å². The van der Waals surface area contributed by atoms with Crippen LogP contribution in [0.25, 0.3) is 5.69 Å². The number of ether oxygens (including phenoxy) is 1. The Hall–Kier alpha value is -2.99. The molecule has 0 radical (unpaired) electrons. The van der Waals surface area contributed by atoms with Crippen molar-refractivity contribution >= 4 is 5.97 Å². The molecule has 3 aromatic rings. The lowest BCUT2D eigenvalue weighted by Crippen LogP contribution is -2.15. The second kappa shape index (κ2) is 7.93. The van der Waals surface area contributed by atoms with E-state index in [0.717, 1.165) is 27.9 Å². The molecule has 0 amide bonds. The number of aryl methyl sites for hydroxylation is 2. The molecule has 0 unspecified atom stereocenters. The Kier molecular flexibility index (Phi) is 5.43. The van der Waals surface area contributed by atoms with Crippen LogP contribution in [-0.4, -0.2) is 20.7 Å². The summed E-state index contributed by atoms with van der Waals surface area (Å²) in [5, 5.41) is 7.67. The lowest BCUT2D eigenvalue weighted by atomic mass is 10.1. The van der Waals surface area contributed by atoms with Gasteiger partial charge in [0.25, 0.3) is 0 Å². The van der Waals surface area contributed by atoms with Crippen molar-refractivity contribution in [1.82, 2.24) is 20.1 Å². The number of nitrogens with zero attached hydrogens (tertiary/aromatic N) is 3. The first-order chi connectivity index (χ1) is 12.5. The molecular weight excluding hydrogens is 328 g/mol. The molecular formula is C20H22N4O2. The van der Waals surface area contributed by atoms with Crippen molar-refractivity contribution < 1.29 is 9.53 Å². The first kappa shape index (κ1) is 17.8. The zero-order valence-electron chi connectivity index (χ0n) is 15.2. The lowest BCUT2D eigenvalue weighted by molar-refractivity contribution is -0.131. The predicted molar refractivity (Wildman–Crippen MR) is 99.1 cm³/mol. The molecule has 26 heavy (non-hydrogen) atoms. The van der Waals surface area contributed by atoms with E-state index in [4.69, 9.17) is 4.74 Å². The van der Waals surface area contributed by atoms with Gasteiger partial charge in [0.05, 0.1) is 5.69 Å². The number of benzene rings is 2. The van der Waals surface area contributed by atoms with E-state index in [1.165, 1.54) is 13.3 Å². The molecule has 0 aliphatic heterocycles. The highest BCUT2D eigenvalue weighted by Crippen LogP contribution is 2.25. The van der Waals surface area contributed by atoms with Gasteiger partial charge in [0.15, 0.2) is 0 Å². The highest BCUT2D eigenvalue weighted by atomic mass is 16.5. The maximum atomic E-state index is 11.2. The molecule has 1 heterocycles. The molecule has 3 rings (SSSR count). The molecule has 6 nitrogen and oxygen atoms in total. The Labute approximate surface area is 152 Å². The number of nitrogens with one attached hydrogen (secondary N) is 1. The fourth-order valence-electron chi connectivity index (χ4n) is 3.00. The first-order valence-corrected chi connectivity index (χ1v) is 8.47. The van der Waals surface area contributed by atoms with Crippen molar-refractivity contribution in [2.24, 2.45) is 0 Å². The summed E-state index contributed by atoms with van der Waals surface area (Å²) in [6, 6.07) is 12.2. The van der Waals surface area contributed by atoms with Crippen LogP contribution < -0.4 is 10.1 Å². The maximum Gasteiger partial charge on any atom is 0.308 e. The van der Waals surface area contributed by atoms with Crippen molar-refractivity contribution in [3.05, 3.63) is 71.3 Å². The Balaban J connectivity index is 1.69. The smallest absolute Gasteiger partial charge is 0.308 e. The van der Waals surface area contributed by atoms with Crippen LogP contribution in [0.5, 0.6) is 5.75 Å². The Morgan fingerprint density at radius 1 is 1.15 bits per heavy atom. The minimum Gasteiger partial charge on any atom is -0.426 e. The van der Waals surface area contributed by atoms with Crippen LogP contribution in [0.2, 0.25) is 0 Å². The van der Waals surface area contributed by atoms with E-state index in [2.05, 4.69) is 21.5 Å². The second-order valence-corrected chi connectivity index (χ2v) is 6.22. The van der Waals surface area contributed by atoms with Crippen molar-refractivity contribution in [2.75, 3.05) is 0 Å². The summed E-state index contributed by atoms with van der Waals surface area (Å²) in [6.07, 6.45) is 3.22. The fraction of sp³-hybridized carbons (Fsp3) is 0.250. The summed E-state index contributed by atoms with van der Waals surface area (Å²) in [4.78, 5) is 15.2. The molecule has 0 aliphatic carbocycles. The van der Waals surface area contributed by atoms with Crippen LogP contribution >= 0.6 is 0 Å². The summed E-state index contributed by atoms with van der Waals surface area (Å²) in [7, 11) is 0. The second-order valence-electron chi connectivity index (χ2n) is 6.22. The van der Waals surface area contributed by atoms with Gasteiger partial charge in [-0.1, -0.05) is 30.3 Å². The SMILES string of the molecule is CC(=O)Oc1c(C)cc(CNCc2ccccc2-n2cncn2)cc1C. The van der Waals surface area contributed by atoms with E-state index in [9.17, 15) is 4.79 Å². The number of esters is 1. The standard InChI is InChI=1S/C20H22N4O2/c1-14-8-17(9-15(2)20(14)26-16(3)25)10-21-11-18-6-4-5-7-19(18)24-13-22-12-23-24/h4-9,12-13,21H,10-11H2,1-3H3. The monoisotopic (exact) mass is 350 g/mol. The van der Waals surface area contributed by atoms with Gasteiger partial charge in [0.2, 0.25) is 0 Å². The molecule has 1 N–H and O–H groups in total. The highest BCUT2D eigenvalue weighted by Gasteiger charge is 2.09. The number of hydrogen-bond donors (Lipinski definition) is 1. The summed E-state index contributed by atoms with van der Waals surface area (Å²) in [5.41, 5.74) is 5.22. The minimum absolute atomic E-state index is 0.299. The molecule has 6 heteroatoms. The molecule has 0 bridgehead atoms. The molecule has 0 fully saturated rings. The fourth-order valence-corrected chi connectivity index (χ4v) is 3.00. The Bertz CT molecular complexity index is 881. The number of carbonyl (C=O) groups is 1. The van der Waals surface area contributed by atoms with Gasteiger partial charge in [-0.15, -0.1) is 0 Å². The quantitative estimate of drug-likeness (QED) is 0.546. The number of aromatic nitrogens is 3. The van der Waals surface area contributed by atoms with Crippen molar-refractivity contribution in [2.45, 2.75) is 33.9 Å². The van der Waals surface area contributed by atoms with Gasteiger partial charge in [-0.25, -0.2) is 9.67 Å². The zero-order valence-corrected chi connectivity index (χ0v) is 15.2. The lowest BCUT2D eigenvalue weighted by Gasteiger charge is -2.13. The average Bonchev–Trinajstić information content (AvgIpc) is 3.13. The molecule has 0 saturated carbocycles. The summed E-state index contributed by atoms with van der Waals surface area (Å²) >= 11 is 0. The third-order valence-electron chi connectivity index (χ3n) is 4.07. The highest BCUT2D eigenvalue weighted by molar-refractivity contribution is 5.70. The van der Waals surface area contributed by atoms with Crippen LogP contribution in [0.15, 0.2) is 49.1 Å². The van der Waals surface area contributed by atoms with Crippen LogP contribution in [0.1, 0.15) is 29.2 Å². The van der Waals surface area contributed by atoms with Crippen LogP contribution in [0.3, 0.4) is 0 Å². The molecule has 134 valence electrons. The van der Waals surface area contributed by atoms with E-state index in [-0.39, 0.29) is 5.97 Å². The van der Waals surface area contributed by atoms with E-state index in [0.29, 0.717) is 18.8 Å². The number of rotatable bonds is 6. The van der Waals surface area contributed by atoms with E-state index < -0.39 is 0 Å². The topological polar surface area (TPSA) is 69.0 Å². The van der Waals surface area contributed by atoms with Crippen LogP contribution in [0, 0.1) is 13.8 Å². The molecule has 0 atom stereocenters. The number of carbonyl (C=O) groups excluding carboxylic acids is 1. The van der Waals surface area contributed by atoms with E-state index in [1.54, 1.807) is 11.0 Å². The number of para-hydroxylation sites is 1. The predicted octanol–water partition coefficient (Wildman–Crippen LogP) is 3.10. The van der Waals surface area contributed by atoms with Gasteiger partial charge < -0.3 is 10.1 Å². The summed E-state index contributed by atoms with van der Waals surface area (Å²) in [5.74, 6) is 0.351. The molecule has 1 aromatic heterocycles. The summed E-state index contributed by atoms with van der Waals surface area (Å²) < 4.78 is 7.05. The molecule has 2 aromatic carbocycles. The van der Waals surface area contributed by atoms with E-state index >= 15 is 0 Å². The third-order valence-corrected chi connectivity index (χ3v) is 4.07. The van der Waals surface area contributed by atoms with Crippen LogP contribution in [0.4, 0.5) is 0 Å². The largest absolute Gasteiger partial charge is 0.426 e. The zero-order chi connectivity index (χ0) is 18.5. The maximum absolute atomic E-state index is 11.2. The molecule has 0 spiro atoms. The van der Waals surface area contributed by atoms with Crippen LogP contribution in [-0.2, 0) is 17.9 Å². The van der Waals surface area contributed by atoms with Crippen molar-refractivity contribution in [3.8, 4) is 11.4 Å². The third kappa shape index (κ3) is 4.15. The Morgan fingerprint density at radius 2 is 1.88 bits per heavy atom. The van der Waals surface area contributed by atoms with Crippen molar-refractivity contribution in [1.29, 1.82) is 0 Å². The van der Waals surface area contributed by atoms with Gasteiger partial charge in [0.1, 0.15) is 18.4 Å². The van der Waals surface area contributed by atoms with Gasteiger partial charge in [-0.2, -0.15) is 5.10 Å². The van der Waals surface area contributed by atoms with Gasteiger partial charge in [-0.05, 0) is 42.2 Å². The average molecular weight is 350 g/mol. The molecule has 0 aliphatic rings. The Morgan fingerprint density at radius 3 is 2.54 bits per heavy atom. The first-order valence-electron chi connectivity index (χ1n) is 8.47. The minimum atomic E-state index is -0.299. The van der Waals surface area contributed by atoms with E-state index in [1.807, 2.05) is 44.2 Å². The summed E-state index contributed by atoms with van der Waals surface area (Å²) in [6.45, 7) is 6.75. The number of hydrogen-bond acceptors (Lipinski definition) is 5. The van der Waals surface area contributed by atoms with Gasteiger partial charge in [0, 0.05) is 20.0 Å². The molecule has 0 saturated heterocycles. The van der Waals surface area contributed by atoms with Gasteiger partial charge >= 0.3 is 5.97 Å².